The van der Waals surface area contributed by atoms with Gasteiger partial charge in [0.1, 0.15) is 0 Å². The first-order valence-corrected chi connectivity index (χ1v) is 13.1. The third-order valence-corrected chi connectivity index (χ3v) is 9.09. The zero-order valence-electron chi connectivity index (χ0n) is 16.7. The summed E-state index contributed by atoms with van der Waals surface area (Å²) in [6.45, 7) is 5.70. The fraction of sp³-hybridized carbons (Fsp3) is 0.882. The van der Waals surface area contributed by atoms with Gasteiger partial charge < -0.3 is 9.64 Å². The van der Waals surface area contributed by atoms with Crippen LogP contribution in [0.15, 0.2) is 0 Å². The number of nitrogens with zero attached hydrogens (tertiary/aromatic N) is 2. The molecule has 2 aliphatic rings. The standard InChI is InChI=1S/C17H30N2O7S2/c1-4-19(15-8-11-27(22,23)12-15)16(20)13(3)26-17(21)14-6-9-18(10-7-14)28(24,25)5-2/h13-15H,4-12H2,1-3H3. The fourth-order valence-electron chi connectivity index (χ4n) is 3.72. The Hall–Kier alpha value is -1.20. The molecule has 2 fully saturated rings. The van der Waals surface area contributed by atoms with Crippen LogP contribution in [0.4, 0.5) is 0 Å². The number of ether oxygens (including phenoxy) is 1. The first-order valence-electron chi connectivity index (χ1n) is 9.70. The van der Waals surface area contributed by atoms with E-state index in [1.165, 1.54) is 16.1 Å². The number of esters is 1. The summed E-state index contributed by atoms with van der Waals surface area (Å²) in [5.74, 6) is -1.32. The van der Waals surface area contributed by atoms with Gasteiger partial charge in [-0.05, 0) is 40.0 Å². The molecule has 2 heterocycles. The van der Waals surface area contributed by atoms with Crippen LogP contribution in [0.25, 0.3) is 0 Å². The van der Waals surface area contributed by atoms with Crippen molar-refractivity contribution in [1.82, 2.24) is 9.21 Å². The number of sulfonamides is 1. The van der Waals surface area contributed by atoms with E-state index >= 15 is 0 Å². The number of piperidine rings is 1. The van der Waals surface area contributed by atoms with Crippen molar-refractivity contribution in [2.24, 2.45) is 5.92 Å². The summed E-state index contributed by atoms with van der Waals surface area (Å²) in [6, 6.07) is -0.383. The number of likely N-dealkylation sites (N-methyl/N-ethyl adjacent to an activating group) is 1. The van der Waals surface area contributed by atoms with Crippen LogP contribution in [-0.4, -0.2) is 87.0 Å². The third kappa shape index (κ3) is 5.44. The van der Waals surface area contributed by atoms with Gasteiger partial charge in [-0.25, -0.2) is 21.1 Å². The van der Waals surface area contributed by atoms with Crippen molar-refractivity contribution >= 4 is 31.7 Å². The van der Waals surface area contributed by atoms with Gasteiger partial charge in [-0.2, -0.15) is 0 Å². The number of rotatable bonds is 7. The molecule has 9 nitrogen and oxygen atoms in total. The third-order valence-electron chi connectivity index (χ3n) is 5.46. The summed E-state index contributed by atoms with van der Waals surface area (Å²) in [4.78, 5) is 26.6. The maximum absolute atomic E-state index is 12.7. The first kappa shape index (κ1) is 23.1. The van der Waals surface area contributed by atoms with Gasteiger partial charge in [0.15, 0.2) is 15.9 Å². The predicted octanol–water partition coefficient (Wildman–Crippen LogP) is 0.0154. The van der Waals surface area contributed by atoms with Crippen LogP contribution in [0.1, 0.15) is 40.0 Å². The molecule has 1 amide bonds. The quantitative estimate of drug-likeness (QED) is 0.514. The number of sulfone groups is 1. The van der Waals surface area contributed by atoms with Crippen LogP contribution in [0.3, 0.4) is 0 Å². The van der Waals surface area contributed by atoms with Gasteiger partial charge in [0, 0.05) is 25.7 Å². The molecule has 2 atom stereocenters. The monoisotopic (exact) mass is 438 g/mol. The Morgan fingerprint density at radius 3 is 2.25 bits per heavy atom. The van der Waals surface area contributed by atoms with Gasteiger partial charge in [0.25, 0.3) is 5.91 Å². The number of carbonyl (C=O) groups is 2. The topological polar surface area (TPSA) is 118 Å². The molecule has 11 heteroatoms. The molecule has 2 aliphatic heterocycles. The predicted molar refractivity (Wildman–Crippen MR) is 104 cm³/mol. The molecule has 28 heavy (non-hydrogen) atoms. The van der Waals surface area contributed by atoms with Crippen LogP contribution < -0.4 is 0 Å². The highest BCUT2D eigenvalue weighted by atomic mass is 32.2. The molecule has 2 saturated heterocycles. The van der Waals surface area contributed by atoms with Gasteiger partial charge >= 0.3 is 5.97 Å². The number of carbonyl (C=O) groups excluding carboxylic acids is 2. The first-order chi connectivity index (χ1) is 13.0. The smallest absolute Gasteiger partial charge is 0.309 e. The molecule has 2 rings (SSSR count). The van der Waals surface area contributed by atoms with E-state index in [-0.39, 0.29) is 36.4 Å². The summed E-state index contributed by atoms with van der Waals surface area (Å²) in [5.41, 5.74) is 0. The van der Waals surface area contributed by atoms with E-state index in [0.717, 1.165) is 0 Å². The van der Waals surface area contributed by atoms with Crippen LogP contribution in [0.5, 0.6) is 0 Å². The summed E-state index contributed by atoms with van der Waals surface area (Å²) >= 11 is 0. The number of amides is 1. The summed E-state index contributed by atoms with van der Waals surface area (Å²) in [6.07, 6.45) is 0.106. The van der Waals surface area contributed by atoms with Crippen molar-refractivity contribution in [3.63, 3.8) is 0 Å². The molecule has 0 bridgehead atoms. The lowest BCUT2D eigenvalue weighted by Gasteiger charge is -2.32. The van der Waals surface area contributed by atoms with Gasteiger partial charge in [0.2, 0.25) is 10.0 Å². The largest absolute Gasteiger partial charge is 0.452 e. The molecular weight excluding hydrogens is 408 g/mol. The van der Waals surface area contributed by atoms with Gasteiger partial charge in [-0.1, -0.05) is 0 Å². The zero-order valence-corrected chi connectivity index (χ0v) is 18.3. The Balaban J connectivity index is 1.90. The van der Waals surface area contributed by atoms with Gasteiger partial charge in [-0.3, -0.25) is 9.59 Å². The van der Waals surface area contributed by atoms with Crippen molar-refractivity contribution in [2.45, 2.75) is 52.2 Å². The summed E-state index contributed by atoms with van der Waals surface area (Å²) in [5, 5.41) is 0. The molecule has 0 aromatic carbocycles. The van der Waals surface area contributed by atoms with Crippen LogP contribution >= 0.6 is 0 Å². The van der Waals surface area contributed by atoms with Crippen molar-refractivity contribution in [2.75, 3.05) is 36.9 Å². The highest BCUT2D eigenvalue weighted by Crippen LogP contribution is 2.23. The molecule has 0 N–H and O–H groups in total. The Morgan fingerprint density at radius 2 is 1.79 bits per heavy atom. The van der Waals surface area contributed by atoms with E-state index < -0.39 is 43.8 Å². The van der Waals surface area contributed by atoms with Gasteiger partial charge in [0.05, 0.1) is 23.2 Å². The number of hydrogen-bond acceptors (Lipinski definition) is 7. The minimum absolute atomic E-state index is 0.0252. The molecule has 0 aliphatic carbocycles. The number of hydrogen-bond donors (Lipinski definition) is 0. The molecular formula is C17H30N2O7S2. The summed E-state index contributed by atoms with van der Waals surface area (Å²) in [7, 11) is -6.39. The Kier molecular flexibility index (Phi) is 7.49. The average molecular weight is 439 g/mol. The molecule has 2 unspecified atom stereocenters. The van der Waals surface area contributed by atoms with Crippen LogP contribution in [0, 0.1) is 5.92 Å². The average Bonchev–Trinajstić information content (AvgIpc) is 3.01. The highest BCUT2D eigenvalue weighted by molar-refractivity contribution is 7.91. The van der Waals surface area contributed by atoms with Crippen molar-refractivity contribution < 1.29 is 31.2 Å². The maximum Gasteiger partial charge on any atom is 0.309 e. The molecule has 0 saturated carbocycles. The molecule has 0 aromatic heterocycles. The molecule has 162 valence electrons. The lowest BCUT2D eigenvalue weighted by molar-refractivity contribution is -0.164. The second-order valence-corrected chi connectivity index (χ2v) is 11.8. The fourth-order valence-corrected chi connectivity index (χ4v) is 6.58. The minimum Gasteiger partial charge on any atom is -0.452 e. The molecule has 0 radical (unpaired) electrons. The van der Waals surface area contributed by atoms with Crippen molar-refractivity contribution in [3.8, 4) is 0 Å². The van der Waals surface area contributed by atoms with Gasteiger partial charge in [-0.15, -0.1) is 0 Å². The van der Waals surface area contributed by atoms with E-state index in [9.17, 15) is 26.4 Å². The lowest BCUT2D eigenvalue weighted by Crippen LogP contribution is -2.47. The van der Waals surface area contributed by atoms with E-state index in [4.69, 9.17) is 4.74 Å². The lowest BCUT2D eigenvalue weighted by atomic mass is 9.98. The van der Waals surface area contributed by atoms with Crippen molar-refractivity contribution in [1.29, 1.82) is 0 Å². The van der Waals surface area contributed by atoms with E-state index in [2.05, 4.69) is 0 Å². The Bertz CT molecular complexity index is 786. The maximum atomic E-state index is 12.7. The Labute approximate surface area is 167 Å². The second-order valence-electron chi connectivity index (χ2n) is 7.33. The highest BCUT2D eigenvalue weighted by Gasteiger charge is 2.37. The van der Waals surface area contributed by atoms with E-state index in [0.29, 0.717) is 25.8 Å². The van der Waals surface area contributed by atoms with E-state index in [1.807, 2.05) is 0 Å². The summed E-state index contributed by atoms with van der Waals surface area (Å²) < 4.78 is 53.9. The SMILES string of the molecule is CCN(C(=O)C(C)OC(=O)C1CCN(S(=O)(=O)CC)CC1)C1CCS(=O)(=O)C1. The molecule has 0 spiro atoms. The van der Waals surface area contributed by atoms with E-state index in [1.54, 1.807) is 13.8 Å². The zero-order chi connectivity index (χ0) is 21.1. The Morgan fingerprint density at radius 1 is 1.18 bits per heavy atom. The van der Waals surface area contributed by atoms with Crippen LogP contribution in [0.2, 0.25) is 0 Å². The minimum atomic E-state index is -3.27. The molecule has 0 aromatic rings. The van der Waals surface area contributed by atoms with Crippen LogP contribution in [-0.2, 0) is 34.2 Å². The van der Waals surface area contributed by atoms with Crippen molar-refractivity contribution in [3.05, 3.63) is 0 Å². The normalized spacial score (nSPS) is 24.6. The second kappa shape index (κ2) is 9.08.